The number of benzene rings is 2. The minimum Gasteiger partial charge on any atom is -0.491 e. The first-order chi connectivity index (χ1) is 17.0. The summed E-state index contributed by atoms with van der Waals surface area (Å²) in [5, 5.41) is 5.58. The maximum atomic E-state index is 6.37. The van der Waals surface area contributed by atoms with Crippen molar-refractivity contribution in [2.75, 3.05) is 4.90 Å². The van der Waals surface area contributed by atoms with Crippen molar-refractivity contribution >= 4 is 46.4 Å². The Morgan fingerprint density at radius 2 is 1.80 bits per heavy atom. The lowest BCUT2D eigenvalue weighted by atomic mass is 10.0. The fourth-order valence-corrected chi connectivity index (χ4v) is 5.30. The van der Waals surface area contributed by atoms with E-state index < -0.39 is 0 Å². The van der Waals surface area contributed by atoms with E-state index in [9.17, 15) is 0 Å². The van der Waals surface area contributed by atoms with Crippen molar-refractivity contribution in [2.45, 2.75) is 42.0 Å². The largest absolute Gasteiger partial charge is 0.491 e. The average molecular weight is 522 g/mol. The first kappa shape index (κ1) is 23.7. The second-order valence-electron chi connectivity index (χ2n) is 8.37. The number of anilines is 1. The van der Waals surface area contributed by atoms with Crippen molar-refractivity contribution in [3.63, 3.8) is 0 Å². The van der Waals surface area contributed by atoms with Gasteiger partial charge in [0, 0.05) is 21.8 Å². The van der Waals surface area contributed by atoms with Crippen molar-refractivity contribution in [1.82, 2.24) is 10.3 Å². The molecule has 1 fully saturated rings. The molecule has 8 heteroatoms. The Morgan fingerprint density at radius 1 is 1.03 bits per heavy atom. The number of aromatic nitrogens is 1. The van der Waals surface area contributed by atoms with E-state index in [4.69, 9.17) is 33.0 Å². The molecule has 2 aromatic heterocycles. The van der Waals surface area contributed by atoms with Crippen molar-refractivity contribution in [2.24, 2.45) is 0 Å². The zero-order valence-corrected chi connectivity index (χ0v) is 21.6. The number of ether oxygens (including phenoxy) is 1. The highest BCUT2D eigenvalue weighted by Crippen LogP contribution is 2.43. The van der Waals surface area contributed by atoms with Crippen LogP contribution in [0.2, 0.25) is 5.02 Å². The molecule has 0 saturated carbocycles. The van der Waals surface area contributed by atoms with E-state index in [1.54, 1.807) is 18.0 Å². The maximum absolute atomic E-state index is 6.37. The highest BCUT2D eigenvalue weighted by atomic mass is 35.5. The lowest BCUT2D eigenvalue weighted by Gasteiger charge is -2.26. The Hall–Kier alpha value is -3.00. The van der Waals surface area contributed by atoms with Crippen molar-refractivity contribution < 1.29 is 9.15 Å². The summed E-state index contributed by atoms with van der Waals surface area (Å²) in [6, 6.07) is 25.2. The van der Waals surface area contributed by atoms with Crippen LogP contribution in [0.25, 0.3) is 0 Å². The third kappa shape index (κ3) is 5.32. The Balaban J connectivity index is 1.49. The van der Waals surface area contributed by atoms with Crippen LogP contribution < -0.4 is 15.0 Å². The molecule has 0 spiro atoms. The standard InChI is InChI=1S/C27H24ClN3O2S2/c1-17(2)32-20-10-8-19(9-11-20)31-26(25(30-27(31)34)22-5-3-4-16-29-22)23-14-15-24(33-23)35-21-12-6-18(28)7-13-21/h3-17,25-26H,1-2H3,(H,30,34). The van der Waals surface area contributed by atoms with Gasteiger partial charge in [-0.2, -0.15) is 0 Å². The third-order valence-electron chi connectivity index (χ3n) is 5.51. The van der Waals surface area contributed by atoms with Gasteiger partial charge in [-0.1, -0.05) is 29.4 Å². The number of pyridine rings is 1. The second-order valence-corrected chi connectivity index (χ2v) is 10.3. The molecule has 1 saturated heterocycles. The number of hydrogen-bond donors (Lipinski definition) is 1. The van der Waals surface area contributed by atoms with Gasteiger partial charge in [-0.25, -0.2) is 0 Å². The van der Waals surface area contributed by atoms with Gasteiger partial charge in [0.2, 0.25) is 0 Å². The van der Waals surface area contributed by atoms with Crippen LogP contribution in [-0.2, 0) is 0 Å². The maximum Gasteiger partial charge on any atom is 0.174 e. The molecule has 1 aliphatic heterocycles. The number of halogens is 1. The van der Waals surface area contributed by atoms with Gasteiger partial charge in [0.05, 0.1) is 17.8 Å². The molecule has 3 heterocycles. The Kier molecular flexibility index (Phi) is 7.00. The summed E-state index contributed by atoms with van der Waals surface area (Å²) in [7, 11) is 0. The highest BCUT2D eigenvalue weighted by molar-refractivity contribution is 7.99. The fraction of sp³-hybridized carbons (Fsp3) is 0.185. The van der Waals surface area contributed by atoms with Crippen LogP contribution >= 0.6 is 35.6 Å². The van der Waals surface area contributed by atoms with E-state index in [0.717, 1.165) is 32.9 Å². The second kappa shape index (κ2) is 10.3. The lowest BCUT2D eigenvalue weighted by Crippen LogP contribution is -2.29. The van der Waals surface area contributed by atoms with Gasteiger partial charge in [-0.15, -0.1) is 0 Å². The molecule has 4 aromatic rings. The number of thiocarbonyl (C=S) groups is 1. The van der Waals surface area contributed by atoms with Crippen molar-refractivity contribution in [3.8, 4) is 5.75 Å². The SMILES string of the molecule is CC(C)Oc1ccc(N2C(=S)NC(c3ccccn3)C2c2ccc(Sc3ccc(Cl)cc3)o2)cc1. The molecule has 178 valence electrons. The molecule has 0 radical (unpaired) electrons. The number of nitrogens with zero attached hydrogens (tertiary/aromatic N) is 2. The summed E-state index contributed by atoms with van der Waals surface area (Å²) in [6.45, 7) is 4.02. The van der Waals surface area contributed by atoms with Gasteiger partial charge in [-0.3, -0.25) is 4.98 Å². The molecule has 5 nitrogen and oxygen atoms in total. The van der Waals surface area contributed by atoms with Crippen LogP contribution in [0.1, 0.15) is 37.4 Å². The van der Waals surface area contributed by atoms with Crippen LogP contribution in [0.4, 0.5) is 5.69 Å². The van der Waals surface area contributed by atoms with E-state index in [1.165, 1.54) is 0 Å². The third-order valence-corrected chi connectivity index (χ3v) is 7.01. The molecule has 35 heavy (non-hydrogen) atoms. The summed E-state index contributed by atoms with van der Waals surface area (Å²) in [4.78, 5) is 7.74. The smallest absolute Gasteiger partial charge is 0.174 e. The molecule has 5 rings (SSSR count). The summed E-state index contributed by atoms with van der Waals surface area (Å²) in [5.41, 5.74) is 1.84. The van der Waals surface area contributed by atoms with Gasteiger partial charge in [-0.05, 0) is 98.9 Å². The van der Waals surface area contributed by atoms with Gasteiger partial charge in [0.25, 0.3) is 0 Å². The monoisotopic (exact) mass is 521 g/mol. The quantitative estimate of drug-likeness (QED) is 0.253. The van der Waals surface area contributed by atoms with Crippen LogP contribution in [0, 0.1) is 0 Å². The zero-order chi connectivity index (χ0) is 24.4. The first-order valence-electron chi connectivity index (χ1n) is 11.3. The Labute approximate surface area is 219 Å². The zero-order valence-electron chi connectivity index (χ0n) is 19.2. The van der Waals surface area contributed by atoms with Crippen LogP contribution in [0.15, 0.2) is 99.5 Å². The van der Waals surface area contributed by atoms with E-state index in [-0.39, 0.29) is 18.2 Å². The predicted octanol–water partition coefficient (Wildman–Crippen LogP) is 7.44. The normalized spacial score (nSPS) is 17.6. The Morgan fingerprint density at radius 3 is 2.49 bits per heavy atom. The molecule has 1 N–H and O–H groups in total. The number of nitrogens with one attached hydrogen (secondary N) is 1. The van der Waals surface area contributed by atoms with Crippen molar-refractivity contribution in [3.05, 3.63) is 102 Å². The fourth-order valence-electron chi connectivity index (χ4n) is 4.05. The topological polar surface area (TPSA) is 50.5 Å². The van der Waals surface area contributed by atoms with E-state index in [0.29, 0.717) is 10.1 Å². The minimum atomic E-state index is -0.214. The van der Waals surface area contributed by atoms with Gasteiger partial charge in [0.15, 0.2) is 10.2 Å². The average Bonchev–Trinajstić information content (AvgIpc) is 3.45. The molecule has 2 unspecified atom stereocenters. The molecular formula is C27H24ClN3O2S2. The number of furan rings is 1. The number of hydrogen-bond acceptors (Lipinski definition) is 5. The summed E-state index contributed by atoms with van der Waals surface area (Å²) >= 11 is 13.4. The van der Waals surface area contributed by atoms with Gasteiger partial charge >= 0.3 is 0 Å². The summed E-state index contributed by atoms with van der Waals surface area (Å²) < 4.78 is 12.2. The predicted molar refractivity (Wildman–Crippen MR) is 144 cm³/mol. The molecule has 2 aromatic carbocycles. The van der Waals surface area contributed by atoms with Crippen LogP contribution in [0.5, 0.6) is 5.75 Å². The van der Waals surface area contributed by atoms with Crippen LogP contribution in [-0.4, -0.2) is 16.2 Å². The number of rotatable bonds is 7. The minimum absolute atomic E-state index is 0.108. The Bertz CT molecular complexity index is 1290. The molecule has 0 aliphatic carbocycles. The first-order valence-corrected chi connectivity index (χ1v) is 12.9. The van der Waals surface area contributed by atoms with E-state index >= 15 is 0 Å². The van der Waals surface area contributed by atoms with E-state index in [1.807, 2.05) is 92.7 Å². The van der Waals surface area contributed by atoms with Crippen LogP contribution in [0.3, 0.4) is 0 Å². The molecular weight excluding hydrogens is 498 g/mol. The van der Waals surface area contributed by atoms with E-state index in [2.05, 4.69) is 15.2 Å². The molecule has 1 aliphatic rings. The molecule has 0 amide bonds. The van der Waals surface area contributed by atoms with Gasteiger partial charge in [0.1, 0.15) is 17.6 Å². The summed E-state index contributed by atoms with van der Waals surface area (Å²) in [5.74, 6) is 1.62. The molecule has 0 bridgehead atoms. The highest BCUT2D eigenvalue weighted by Gasteiger charge is 2.42. The summed E-state index contributed by atoms with van der Waals surface area (Å²) in [6.07, 6.45) is 1.90. The molecule has 2 atom stereocenters. The van der Waals surface area contributed by atoms with Crippen molar-refractivity contribution in [1.29, 1.82) is 0 Å². The lowest BCUT2D eigenvalue weighted by molar-refractivity contribution is 0.242. The van der Waals surface area contributed by atoms with Gasteiger partial charge < -0.3 is 19.4 Å².